The maximum atomic E-state index is 3.49. The van der Waals surface area contributed by atoms with Crippen molar-refractivity contribution < 1.29 is 0 Å². The molecule has 0 saturated carbocycles. The second-order valence-electron chi connectivity index (χ2n) is 5.94. The summed E-state index contributed by atoms with van der Waals surface area (Å²) in [6.07, 6.45) is 4.02. The number of rotatable bonds is 5. The Hall–Kier alpha value is -0.540. The Bertz CT molecular complexity index is 380. The molecule has 106 valence electrons. The van der Waals surface area contributed by atoms with Crippen molar-refractivity contribution in [3.63, 3.8) is 0 Å². The summed E-state index contributed by atoms with van der Waals surface area (Å²) in [4.78, 5) is 2.59. The van der Waals surface area contributed by atoms with Gasteiger partial charge in [-0.1, -0.05) is 36.2 Å². The first kappa shape index (κ1) is 14.9. The largest absolute Gasteiger partial charge is 0.384 e. The third kappa shape index (κ3) is 4.50. The molecule has 0 unspecified atom stereocenters. The van der Waals surface area contributed by atoms with Crippen molar-refractivity contribution in [2.75, 3.05) is 31.5 Å². The van der Waals surface area contributed by atoms with Gasteiger partial charge in [0.1, 0.15) is 0 Å². The number of nitrogens with one attached hydrogen (secondary N) is 1. The number of anilines is 1. The lowest BCUT2D eigenvalue weighted by Gasteiger charge is -2.39. The third-order valence-electron chi connectivity index (χ3n) is 4.52. The van der Waals surface area contributed by atoms with E-state index >= 15 is 0 Å². The number of benzene rings is 1. The van der Waals surface area contributed by atoms with Crippen molar-refractivity contribution in [2.45, 2.75) is 33.1 Å². The van der Waals surface area contributed by atoms with E-state index in [2.05, 4.69) is 64.3 Å². The van der Waals surface area contributed by atoms with Gasteiger partial charge in [-0.15, -0.1) is 0 Å². The first-order chi connectivity index (χ1) is 9.11. The van der Waals surface area contributed by atoms with Gasteiger partial charge in [0, 0.05) is 23.2 Å². The topological polar surface area (TPSA) is 15.3 Å². The highest BCUT2D eigenvalue weighted by Gasteiger charge is 2.27. The molecule has 2 nitrogen and oxygen atoms in total. The number of hydrogen-bond donors (Lipinski definition) is 1. The van der Waals surface area contributed by atoms with E-state index in [0.29, 0.717) is 5.41 Å². The summed E-state index contributed by atoms with van der Waals surface area (Å²) < 4.78 is 1.13. The molecule has 1 aromatic carbocycles. The summed E-state index contributed by atoms with van der Waals surface area (Å²) in [6.45, 7) is 9.45. The van der Waals surface area contributed by atoms with Crippen molar-refractivity contribution in [3.8, 4) is 0 Å². The maximum Gasteiger partial charge on any atom is 0.0341 e. The van der Waals surface area contributed by atoms with Crippen molar-refractivity contribution in [2.24, 2.45) is 5.41 Å². The molecule has 1 saturated heterocycles. The molecule has 0 aromatic heterocycles. The fraction of sp³-hybridized carbons (Fsp3) is 0.625. The van der Waals surface area contributed by atoms with Crippen molar-refractivity contribution in [1.29, 1.82) is 0 Å². The second kappa shape index (κ2) is 6.76. The summed E-state index contributed by atoms with van der Waals surface area (Å²) >= 11 is 3.46. The van der Waals surface area contributed by atoms with Crippen LogP contribution < -0.4 is 5.32 Å². The average Bonchev–Trinajstić information content (AvgIpc) is 2.43. The fourth-order valence-corrected chi connectivity index (χ4v) is 2.86. The highest BCUT2D eigenvalue weighted by Crippen LogP contribution is 2.33. The molecule has 0 amide bonds. The number of likely N-dealkylation sites (tertiary alicyclic amines) is 1. The standard InChI is InChI=1S/C16H25BrN2/c1-3-16(2)8-11-19(12-9-16)13-10-18-15-6-4-14(17)5-7-15/h4-7,18H,3,8-13H2,1-2H3. The van der Waals surface area contributed by atoms with Crippen LogP contribution in [0.5, 0.6) is 0 Å². The van der Waals surface area contributed by atoms with Crippen LogP contribution in [-0.4, -0.2) is 31.1 Å². The molecular weight excluding hydrogens is 300 g/mol. The van der Waals surface area contributed by atoms with Gasteiger partial charge in [-0.3, -0.25) is 0 Å². The number of nitrogens with zero attached hydrogens (tertiary/aromatic N) is 1. The fourth-order valence-electron chi connectivity index (χ4n) is 2.60. The molecule has 0 radical (unpaired) electrons. The molecule has 3 heteroatoms. The Morgan fingerprint density at radius 3 is 2.42 bits per heavy atom. The lowest BCUT2D eigenvalue weighted by atomic mass is 9.78. The van der Waals surface area contributed by atoms with Gasteiger partial charge >= 0.3 is 0 Å². The molecule has 1 aliphatic heterocycles. The molecule has 2 rings (SSSR count). The highest BCUT2D eigenvalue weighted by atomic mass is 79.9. The Labute approximate surface area is 125 Å². The summed E-state index contributed by atoms with van der Waals surface area (Å²) in [7, 11) is 0. The minimum absolute atomic E-state index is 0.593. The lowest BCUT2D eigenvalue weighted by molar-refractivity contribution is 0.118. The predicted molar refractivity (Wildman–Crippen MR) is 86.7 cm³/mol. The Morgan fingerprint density at radius 1 is 1.21 bits per heavy atom. The summed E-state index contributed by atoms with van der Waals surface area (Å²) in [5.41, 5.74) is 1.80. The van der Waals surface area contributed by atoms with E-state index in [4.69, 9.17) is 0 Å². The summed E-state index contributed by atoms with van der Waals surface area (Å²) in [6, 6.07) is 8.40. The van der Waals surface area contributed by atoms with Gasteiger partial charge in [0.2, 0.25) is 0 Å². The van der Waals surface area contributed by atoms with Crippen molar-refractivity contribution in [1.82, 2.24) is 4.90 Å². The van der Waals surface area contributed by atoms with Gasteiger partial charge in [-0.2, -0.15) is 0 Å². The van der Waals surface area contributed by atoms with Crippen molar-refractivity contribution in [3.05, 3.63) is 28.7 Å². The lowest BCUT2D eigenvalue weighted by Crippen LogP contribution is -2.40. The van der Waals surface area contributed by atoms with Crippen LogP contribution in [0.25, 0.3) is 0 Å². The molecule has 0 bridgehead atoms. The molecule has 1 heterocycles. The molecule has 1 aliphatic rings. The Morgan fingerprint density at radius 2 is 1.84 bits per heavy atom. The van der Waals surface area contributed by atoms with Gasteiger partial charge in [-0.05, 0) is 55.6 Å². The minimum Gasteiger partial charge on any atom is -0.384 e. The third-order valence-corrected chi connectivity index (χ3v) is 5.05. The van der Waals surface area contributed by atoms with E-state index in [1.807, 2.05) is 0 Å². The van der Waals surface area contributed by atoms with Crippen LogP contribution in [0.2, 0.25) is 0 Å². The van der Waals surface area contributed by atoms with E-state index in [1.54, 1.807) is 0 Å². The molecule has 1 N–H and O–H groups in total. The average molecular weight is 325 g/mol. The van der Waals surface area contributed by atoms with Gasteiger partial charge in [0.05, 0.1) is 0 Å². The summed E-state index contributed by atoms with van der Waals surface area (Å²) in [5.74, 6) is 0. The molecular formula is C16H25BrN2. The monoisotopic (exact) mass is 324 g/mol. The molecule has 0 aliphatic carbocycles. The first-order valence-corrected chi connectivity index (χ1v) is 8.12. The van der Waals surface area contributed by atoms with Crippen LogP contribution in [0.15, 0.2) is 28.7 Å². The molecule has 0 spiro atoms. The highest BCUT2D eigenvalue weighted by molar-refractivity contribution is 9.10. The summed E-state index contributed by atoms with van der Waals surface area (Å²) in [5, 5.41) is 3.49. The zero-order valence-corrected chi connectivity index (χ0v) is 13.7. The number of hydrogen-bond acceptors (Lipinski definition) is 2. The Kier molecular flexibility index (Phi) is 5.28. The first-order valence-electron chi connectivity index (χ1n) is 7.33. The van der Waals surface area contributed by atoms with Gasteiger partial charge in [-0.25, -0.2) is 0 Å². The maximum absolute atomic E-state index is 3.49. The van der Waals surface area contributed by atoms with Gasteiger partial charge in [0.25, 0.3) is 0 Å². The van der Waals surface area contributed by atoms with Crippen molar-refractivity contribution >= 4 is 21.6 Å². The molecule has 1 aromatic rings. The second-order valence-corrected chi connectivity index (χ2v) is 6.86. The normalized spacial score (nSPS) is 19.3. The van der Waals surface area contributed by atoms with Crippen LogP contribution in [0.4, 0.5) is 5.69 Å². The predicted octanol–water partition coefficient (Wildman–Crippen LogP) is 4.37. The van der Waals surface area contributed by atoms with E-state index in [-0.39, 0.29) is 0 Å². The van der Waals surface area contributed by atoms with E-state index in [9.17, 15) is 0 Å². The van der Waals surface area contributed by atoms with Crippen LogP contribution in [-0.2, 0) is 0 Å². The zero-order valence-electron chi connectivity index (χ0n) is 12.1. The smallest absolute Gasteiger partial charge is 0.0341 e. The Balaban J connectivity index is 1.68. The quantitative estimate of drug-likeness (QED) is 0.865. The van der Waals surface area contributed by atoms with Crippen LogP contribution in [0.3, 0.4) is 0 Å². The molecule has 0 atom stereocenters. The van der Waals surface area contributed by atoms with E-state index < -0.39 is 0 Å². The van der Waals surface area contributed by atoms with Gasteiger partial charge < -0.3 is 10.2 Å². The number of piperidine rings is 1. The SMILES string of the molecule is CCC1(C)CCN(CCNc2ccc(Br)cc2)CC1. The van der Waals surface area contributed by atoms with Crippen LogP contribution in [0.1, 0.15) is 33.1 Å². The van der Waals surface area contributed by atoms with E-state index in [0.717, 1.165) is 17.6 Å². The zero-order chi connectivity index (χ0) is 13.7. The van der Waals surface area contributed by atoms with Gasteiger partial charge in [0.15, 0.2) is 0 Å². The minimum atomic E-state index is 0.593. The number of halogens is 1. The van der Waals surface area contributed by atoms with Crippen LogP contribution >= 0.6 is 15.9 Å². The molecule has 1 fully saturated rings. The van der Waals surface area contributed by atoms with Crippen LogP contribution in [0, 0.1) is 5.41 Å². The van der Waals surface area contributed by atoms with E-state index in [1.165, 1.54) is 38.0 Å². The molecule has 19 heavy (non-hydrogen) atoms.